The number of rotatable bonds is 12. The third-order valence-electron chi connectivity index (χ3n) is 6.12. The molecule has 0 saturated carbocycles. The Hall–Kier alpha value is -3.95. The molecule has 0 aliphatic carbocycles. The van der Waals surface area contributed by atoms with Gasteiger partial charge in [-0.05, 0) is 25.0 Å². The SMILES string of the molecule is CCCCCn1c(CCC(=O)Nc2cccc(-c3cnco3)c2)nc2c1c(=O)[nH]c(=O)n2CCCC. The van der Waals surface area contributed by atoms with Gasteiger partial charge in [0.1, 0.15) is 5.82 Å². The van der Waals surface area contributed by atoms with Crippen molar-refractivity contribution in [2.75, 3.05) is 5.32 Å². The minimum Gasteiger partial charge on any atom is -0.444 e. The molecule has 190 valence electrons. The predicted molar refractivity (Wildman–Crippen MR) is 138 cm³/mol. The van der Waals surface area contributed by atoms with Crippen LogP contribution in [0.4, 0.5) is 5.69 Å². The number of fused-ring (bicyclic) bond motifs is 1. The first-order valence-corrected chi connectivity index (χ1v) is 12.5. The standard InChI is InChI=1S/C26H32N6O4/c1-3-5-7-14-31-21(29-24-23(31)25(34)30-26(35)32(24)13-6-4-2)11-12-22(33)28-19-10-8-9-18(15-19)20-16-27-17-36-20/h8-10,15-17H,3-7,11-14H2,1-2H3,(H,28,33)(H,30,34,35). The van der Waals surface area contributed by atoms with Crippen LogP contribution in [0.15, 0.2) is 50.9 Å². The molecule has 0 bridgehead atoms. The van der Waals surface area contributed by atoms with Crippen LogP contribution in [0.5, 0.6) is 0 Å². The van der Waals surface area contributed by atoms with Crippen molar-refractivity contribution in [3.8, 4) is 11.3 Å². The van der Waals surface area contributed by atoms with Crippen LogP contribution < -0.4 is 16.6 Å². The number of unbranched alkanes of at least 4 members (excludes halogenated alkanes) is 3. The number of carbonyl (C=O) groups excluding carboxylic acids is 1. The minimum atomic E-state index is -0.449. The summed E-state index contributed by atoms with van der Waals surface area (Å²) in [5, 5.41) is 2.92. The number of hydrogen-bond donors (Lipinski definition) is 2. The van der Waals surface area contributed by atoms with Crippen LogP contribution in [-0.4, -0.2) is 30.0 Å². The monoisotopic (exact) mass is 492 g/mol. The van der Waals surface area contributed by atoms with Gasteiger partial charge in [0, 0.05) is 37.2 Å². The molecule has 4 aromatic rings. The highest BCUT2D eigenvalue weighted by Crippen LogP contribution is 2.22. The van der Waals surface area contributed by atoms with Crippen molar-refractivity contribution in [2.24, 2.45) is 0 Å². The number of aromatic amines is 1. The lowest BCUT2D eigenvalue weighted by atomic mass is 10.1. The summed E-state index contributed by atoms with van der Waals surface area (Å²) in [6.07, 6.45) is 8.14. The van der Waals surface area contributed by atoms with Crippen molar-refractivity contribution in [3.05, 3.63) is 63.5 Å². The number of amides is 1. The van der Waals surface area contributed by atoms with Crippen molar-refractivity contribution < 1.29 is 9.21 Å². The lowest BCUT2D eigenvalue weighted by Crippen LogP contribution is -2.31. The van der Waals surface area contributed by atoms with E-state index in [2.05, 4.69) is 22.2 Å². The van der Waals surface area contributed by atoms with Crippen molar-refractivity contribution >= 4 is 22.8 Å². The van der Waals surface area contributed by atoms with Crippen LogP contribution >= 0.6 is 0 Å². The predicted octanol–water partition coefficient (Wildman–Crippen LogP) is 4.10. The third-order valence-corrected chi connectivity index (χ3v) is 6.12. The first-order chi connectivity index (χ1) is 17.5. The van der Waals surface area contributed by atoms with E-state index < -0.39 is 11.2 Å². The summed E-state index contributed by atoms with van der Waals surface area (Å²) < 4.78 is 8.75. The second-order valence-corrected chi connectivity index (χ2v) is 8.82. The van der Waals surface area contributed by atoms with E-state index in [9.17, 15) is 14.4 Å². The topological polar surface area (TPSA) is 128 Å². The van der Waals surface area contributed by atoms with Gasteiger partial charge < -0.3 is 14.3 Å². The van der Waals surface area contributed by atoms with Gasteiger partial charge in [0.25, 0.3) is 5.56 Å². The molecule has 4 rings (SSSR count). The molecule has 1 amide bonds. The molecule has 0 aliphatic heterocycles. The van der Waals surface area contributed by atoms with E-state index in [-0.39, 0.29) is 12.3 Å². The molecule has 36 heavy (non-hydrogen) atoms. The van der Waals surface area contributed by atoms with Gasteiger partial charge in [0.05, 0.1) is 6.20 Å². The molecule has 0 unspecified atom stereocenters. The normalized spacial score (nSPS) is 11.3. The summed E-state index contributed by atoms with van der Waals surface area (Å²) in [6.45, 7) is 5.25. The Morgan fingerprint density at radius 3 is 2.64 bits per heavy atom. The Labute approximate surface area is 208 Å². The molecule has 10 heteroatoms. The van der Waals surface area contributed by atoms with E-state index >= 15 is 0 Å². The summed E-state index contributed by atoms with van der Waals surface area (Å²) in [6, 6.07) is 7.35. The quantitative estimate of drug-likeness (QED) is 0.287. The number of imidazole rings is 1. The zero-order valence-corrected chi connectivity index (χ0v) is 20.7. The smallest absolute Gasteiger partial charge is 0.330 e. The Bertz CT molecular complexity index is 1430. The molecular formula is C26H32N6O4. The number of hydrogen-bond acceptors (Lipinski definition) is 6. The first kappa shape index (κ1) is 25.2. The van der Waals surface area contributed by atoms with Gasteiger partial charge in [0.15, 0.2) is 23.3 Å². The van der Waals surface area contributed by atoms with Gasteiger partial charge in [-0.2, -0.15) is 0 Å². The number of oxazole rings is 1. The van der Waals surface area contributed by atoms with Gasteiger partial charge >= 0.3 is 5.69 Å². The number of nitrogens with zero attached hydrogens (tertiary/aromatic N) is 4. The summed E-state index contributed by atoms with van der Waals surface area (Å²) in [5.74, 6) is 1.08. The van der Waals surface area contributed by atoms with Crippen LogP contribution in [0.25, 0.3) is 22.5 Å². The number of carbonyl (C=O) groups is 1. The van der Waals surface area contributed by atoms with E-state index in [0.717, 1.165) is 37.7 Å². The summed E-state index contributed by atoms with van der Waals surface area (Å²) in [4.78, 5) is 49.2. The fourth-order valence-corrected chi connectivity index (χ4v) is 4.25. The van der Waals surface area contributed by atoms with Gasteiger partial charge in [-0.1, -0.05) is 45.2 Å². The lowest BCUT2D eigenvalue weighted by Gasteiger charge is -2.10. The number of aryl methyl sites for hydroxylation is 3. The van der Waals surface area contributed by atoms with E-state index in [1.807, 2.05) is 35.8 Å². The Balaban J connectivity index is 1.57. The number of aromatic nitrogens is 5. The Kier molecular flexibility index (Phi) is 8.14. The third kappa shape index (κ3) is 5.64. The molecule has 0 saturated heterocycles. The van der Waals surface area contributed by atoms with E-state index in [1.165, 1.54) is 11.0 Å². The highest BCUT2D eigenvalue weighted by molar-refractivity contribution is 5.91. The molecule has 0 fully saturated rings. The van der Waals surface area contributed by atoms with Gasteiger partial charge in [-0.25, -0.2) is 14.8 Å². The molecule has 0 aliphatic rings. The second kappa shape index (κ2) is 11.7. The van der Waals surface area contributed by atoms with Crippen LogP contribution in [0.1, 0.15) is 58.2 Å². The molecule has 2 N–H and O–H groups in total. The van der Waals surface area contributed by atoms with E-state index in [4.69, 9.17) is 9.40 Å². The average Bonchev–Trinajstić information content (AvgIpc) is 3.52. The summed E-state index contributed by atoms with van der Waals surface area (Å²) >= 11 is 0. The zero-order valence-electron chi connectivity index (χ0n) is 20.7. The van der Waals surface area contributed by atoms with Crippen molar-refractivity contribution in [1.29, 1.82) is 0 Å². The van der Waals surface area contributed by atoms with Crippen molar-refractivity contribution in [3.63, 3.8) is 0 Å². The maximum atomic E-state index is 12.8. The highest BCUT2D eigenvalue weighted by Gasteiger charge is 2.19. The van der Waals surface area contributed by atoms with E-state index in [1.54, 1.807) is 6.20 Å². The van der Waals surface area contributed by atoms with Crippen LogP contribution in [-0.2, 0) is 24.3 Å². The Morgan fingerprint density at radius 2 is 1.89 bits per heavy atom. The molecule has 0 atom stereocenters. The summed E-state index contributed by atoms with van der Waals surface area (Å²) in [7, 11) is 0. The fourth-order valence-electron chi connectivity index (χ4n) is 4.25. The van der Waals surface area contributed by atoms with Crippen LogP contribution in [0.3, 0.4) is 0 Å². The fraction of sp³-hybridized carbons (Fsp3) is 0.423. The van der Waals surface area contributed by atoms with Crippen LogP contribution in [0, 0.1) is 0 Å². The largest absolute Gasteiger partial charge is 0.444 e. The average molecular weight is 493 g/mol. The molecule has 0 radical (unpaired) electrons. The minimum absolute atomic E-state index is 0.172. The van der Waals surface area contributed by atoms with Gasteiger partial charge in [0.2, 0.25) is 5.91 Å². The van der Waals surface area contributed by atoms with Gasteiger partial charge in [-0.15, -0.1) is 0 Å². The van der Waals surface area contributed by atoms with Crippen molar-refractivity contribution in [1.82, 2.24) is 24.1 Å². The van der Waals surface area contributed by atoms with E-state index in [0.29, 0.717) is 47.9 Å². The first-order valence-electron chi connectivity index (χ1n) is 12.5. The number of benzene rings is 1. The molecule has 1 aromatic carbocycles. The Morgan fingerprint density at radius 1 is 1.08 bits per heavy atom. The van der Waals surface area contributed by atoms with Crippen molar-refractivity contribution in [2.45, 2.75) is 71.9 Å². The molecule has 3 aromatic heterocycles. The second-order valence-electron chi connectivity index (χ2n) is 8.82. The number of nitrogens with one attached hydrogen (secondary N) is 2. The molecule has 0 spiro atoms. The number of anilines is 1. The molecule has 3 heterocycles. The summed E-state index contributed by atoms with van der Waals surface area (Å²) in [5.41, 5.74) is 1.37. The van der Waals surface area contributed by atoms with Crippen LogP contribution in [0.2, 0.25) is 0 Å². The maximum absolute atomic E-state index is 12.8. The van der Waals surface area contributed by atoms with Gasteiger partial charge in [-0.3, -0.25) is 19.1 Å². The highest BCUT2D eigenvalue weighted by atomic mass is 16.3. The molecular weight excluding hydrogens is 460 g/mol. The zero-order chi connectivity index (χ0) is 25.5. The molecule has 10 nitrogen and oxygen atoms in total. The maximum Gasteiger partial charge on any atom is 0.330 e. The number of H-pyrrole nitrogens is 1. The lowest BCUT2D eigenvalue weighted by molar-refractivity contribution is -0.116.